The van der Waals surface area contributed by atoms with Crippen molar-refractivity contribution in [2.24, 2.45) is 11.3 Å². The van der Waals surface area contributed by atoms with E-state index in [0.29, 0.717) is 40.6 Å². The van der Waals surface area contributed by atoms with Crippen molar-refractivity contribution in [2.45, 2.75) is 29.5 Å². The molecule has 0 bridgehead atoms. The van der Waals surface area contributed by atoms with Crippen molar-refractivity contribution in [3.8, 4) is 17.2 Å². The van der Waals surface area contributed by atoms with Crippen LogP contribution in [0.1, 0.15) is 46.1 Å². The second-order valence-corrected chi connectivity index (χ2v) is 12.1. The summed E-state index contributed by atoms with van der Waals surface area (Å²) in [5.74, 6) is -1.86. The van der Waals surface area contributed by atoms with Gasteiger partial charge in [0.2, 0.25) is 11.7 Å². The lowest BCUT2D eigenvalue weighted by Gasteiger charge is -2.25. The van der Waals surface area contributed by atoms with E-state index in [4.69, 9.17) is 21.1 Å². The number of hydrogen-bond acceptors (Lipinski definition) is 7. The molecule has 1 N–H and O–H groups in total. The number of para-hydroxylation sites is 1. The first kappa shape index (κ1) is 27.7. The highest BCUT2D eigenvalue weighted by molar-refractivity contribution is 8.00. The third kappa shape index (κ3) is 4.49. The maximum Gasteiger partial charge on any atom is 0.452 e. The molecule has 3 aliphatic rings. The molecule has 1 amide bonds. The van der Waals surface area contributed by atoms with Gasteiger partial charge in [-0.15, -0.1) is 22.0 Å². The van der Waals surface area contributed by atoms with E-state index in [9.17, 15) is 27.9 Å². The average Bonchev–Trinajstić information content (AvgIpc) is 3.28. The predicted octanol–water partition coefficient (Wildman–Crippen LogP) is 5.16. The van der Waals surface area contributed by atoms with E-state index in [1.54, 1.807) is 24.3 Å². The highest BCUT2D eigenvalue weighted by Crippen LogP contribution is 2.59. The van der Waals surface area contributed by atoms with Crippen LogP contribution in [0.25, 0.3) is 5.69 Å². The molecule has 1 saturated heterocycles. The molecular formula is C27H24ClF3N4O5S. The average molecular weight is 609 g/mol. The van der Waals surface area contributed by atoms with Crippen LogP contribution in [0.3, 0.4) is 0 Å². The quantitative estimate of drug-likeness (QED) is 0.409. The minimum Gasteiger partial charge on any atom is -0.493 e. The lowest BCUT2D eigenvalue weighted by molar-refractivity contribution is -0.146. The fourth-order valence-electron chi connectivity index (χ4n) is 5.95. The van der Waals surface area contributed by atoms with E-state index in [0.717, 1.165) is 4.57 Å². The maximum atomic E-state index is 14.2. The van der Waals surface area contributed by atoms with E-state index < -0.39 is 33.9 Å². The molecule has 1 aromatic heterocycles. The largest absolute Gasteiger partial charge is 0.493 e. The number of rotatable bonds is 6. The smallest absolute Gasteiger partial charge is 0.452 e. The van der Waals surface area contributed by atoms with Gasteiger partial charge in [-0.3, -0.25) is 14.2 Å². The number of ether oxygens (including phenoxy) is 2. The van der Waals surface area contributed by atoms with Crippen molar-refractivity contribution in [1.29, 1.82) is 0 Å². The van der Waals surface area contributed by atoms with Crippen molar-refractivity contribution >= 4 is 35.2 Å². The van der Waals surface area contributed by atoms with E-state index in [-0.39, 0.29) is 36.3 Å². The van der Waals surface area contributed by atoms with Crippen molar-refractivity contribution in [2.75, 3.05) is 27.3 Å². The number of amides is 1. The molecule has 9 nitrogen and oxygen atoms in total. The Morgan fingerprint density at radius 3 is 2.61 bits per heavy atom. The molecule has 14 heteroatoms. The number of aliphatic carboxylic acids is 1. The Balaban J connectivity index is 1.48. The summed E-state index contributed by atoms with van der Waals surface area (Å²) >= 11 is 7.60. The van der Waals surface area contributed by atoms with Gasteiger partial charge in [-0.2, -0.15) is 13.2 Å². The van der Waals surface area contributed by atoms with Gasteiger partial charge in [-0.1, -0.05) is 23.7 Å². The van der Waals surface area contributed by atoms with Gasteiger partial charge < -0.3 is 19.5 Å². The number of nitrogens with zero attached hydrogens (tertiary/aromatic N) is 4. The minimum atomic E-state index is -4.83. The Morgan fingerprint density at radius 1 is 1.17 bits per heavy atom. The minimum absolute atomic E-state index is 0.0408. The highest BCUT2D eigenvalue weighted by atomic mass is 35.5. The summed E-state index contributed by atoms with van der Waals surface area (Å²) in [7, 11) is 2.95. The number of piperidine rings is 1. The summed E-state index contributed by atoms with van der Waals surface area (Å²) in [4.78, 5) is 26.8. The predicted molar refractivity (Wildman–Crippen MR) is 142 cm³/mol. The zero-order valence-electron chi connectivity index (χ0n) is 21.8. The summed E-state index contributed by atoms with van der Waals surface area (Å²) in [5, 5.41) is 15.9. The Hall–Kier alpha value is -3.45. The molecule has 2 aliphatic heterocycles. The van der Waals surface area contributed by atoms with Gasteiger partial charge in [0.1, 0.15) is 0 Å². The van der Waals surface area contributed by atoms with Gasteiger partial charge >= 0.3 is 12.1 Å². The molecule has 3 aromatic rings. The number of fused-ring (bicyclic) bond motifs is 4. The first-order valence-corrected chi connectivity index (χ1v) is 14.0. The zero-order chi connectivity index (χ0) is 29.3. The number of thioether (sulfide) groups is 1. The number of likely N-dealkylation sites (tertiary alicyclic amines) is 1. The zero-order valence-corrected chi connectivity index (χ0v) is 23.4. The number of carbonyl (C=O) groups excluding carboxylic acids is 1. The van der Waals surface area contributed by atoms with Crippen LogP contribution in [0.2, 0.25) is 5.02 Å². The summed E-state index contributed by atoms with van der Waals surface area (Å²) in [6.07, 6.45) is -4.53. The second kappa shape index (κ2) is 9.83. The summed E-state index contributed by atoms with van der Waals surface area (Å²) in [6, 6.07) is 9.79. The first-order valence-electron chi connectivity index (χ1n) is 12.7. The molecule has 4 atom stereocenters. The monoisotopic (exact) mass is 608 g/mol. The number of carboxylic acids is 1. The Kier molecular flexibility index (Phi) is 6.64. The van der Waals surface area contributed by atoms with Crippen LogP contribution in [-0.2, 0) is 15.8 Å². The van der Waals surface area contributed by atoms with Gasteiger partial charge in [0.05, 0.1) is 35.8 Å². The number of carboxylic acid groups (broad SMARTS) is 1. The Morgan fingerprint density at radius 2 is 1.95 bits per heavy atom. The Bertz CT molecular complexity index is 1570. The number of alkyl halides is 3. The second-order valence-electron chi connectivity index (χ2n) is 10.3. The van der Waals surface area contributed by atoms with E-state index in [2.05, 4.69) is 10.2 Å². The summed E-state index contributed by atoms with van der Waals surface area (Å²) in [5.41, 5.74) is 0.297. The van der Waals surface area contributed by atoms with Crippen molar-refractivity contribution in [1.82, 2.24) is 19.7 Å². The number of methoxy groups -OCH3 is 2. The lowest BCUT2D eigenvalue weighted by atomic mass is 10.0. The van der Waals surface area contributed by atoms with Crippen molar-refractivity contribution < 1.29 is 37.3 Å². The maximum absolute atomic E-state index is 14.2. The van der Waals surface area contributed by atoms with Gasteiger partial charge in [-0.25, -0.2) is 0 Å². The standard InChI is InChI=1S/C27H24ClF3N4O5S/c1-39-18-5-3-4-15(21(18)40-2)22-16-8-14(28)6-7-17(16)35-23(32-33-24(35)27(29,30)31)19(41-22)9-20(36)34-11-13-10-26(13,12-34)25(37)38/h3-8,13,19,22H,9-12H2,1-2H3,(H,37,38)/t13?,19-,22-,26?/m1/s1. The first-order chi connectivity index (χ1) is 19.5. The van der Waals surface area contributed by atoms with Crippen molar-refractivity contribution in [3.63, 3.8) is 0 Å². The highest BCUT2D eigenvalue weighted by Gasteiger charge is 2.66. The van der Waals surface area contributed by atoms with E-state index >= 15 is 0 Å². The molecule has 6 rings (SSSR count). The summed E-state index contributed by atoms with van der Waals surface area (Å²) in [6.45, 7) is 0.374. The van der Waals surface area contributed by atoms with E-state index in [1.807, 2.05) is 0 Å². The SMILES string of the molecule is COc1cccc([C@H]2S[C@H](CC(=O)N3CC4CC4(C(=O)O)C3)c3nnc(C(F)(F)F)n3-c3ccc(Cl)cc32)c1OC. The molecule has 1 saturated carbocycles. The van der Waals surface area contributed by atoms with E-state index in [1.165, 1.54) is 43.0 Å². The molecule has 0 radical (unpaired) electrons. The Labute approximate surface area is 241 Å². The number of benzene rings is 2. The van der Waals surface area contributed by atoms with Gasteiger partial charge in [0, 0.05) is 30.1 Å². The van der Waals surface area contributed by atoms with Gasteiger partial charge in [-0.05, 0) is 42.2 Å². The van der Waals surface area contributed by atoms with Gasteiger partial charge in [0.15, 0.2) is 17.3 Å². The number of halogens is 4. The molecule has 2 fully saturated rings. The van der Waals surface area contributed by atoms with Crippen LogP contribution < -0.4 is 9.47 Å². The molecule has 1 aliphatic carbocycles. The molecule has 41 heavy (non-hydrogen) atoms. The normalized spacial score (nSPS) is 24.6. The molecule has 2 aromatic carbocycles. The molecule has 0 spiro atoms. The van der Waals surface area contributed by atoms with Crippen LogP contribution >= 0.6 is 23.4 Å². The third-order valence-corrected chi connectivity index (χ3v) is 9.76. The van der Waals surface area contributed by atoms with Crippen molar-refractivity contribution in [3.05, 3.63) is 64.2 Å². The van der Waals surface area contributed by atoms with Crippen LogP contribution in [0.15, 0.2) is 36.4 Å². The van der Waals surface area contributed by atoms with Crippen LogP contribution in [0.4, 0.5) is 13.2 Å². The summed E-state index contributed by atoms with van der Waals surface area (Å²) < 4.78 is 54.8. The third-order valence-electron chi connectivity index (χ3n) is 8.04. The fraction of sp³-hybridized carbons (Fsp3) is 0.407. The lowest BCUT2D eigenvalue weighted by Crippen LogP contribution is -2.34. The van der Waals surface area contributed by atoms with Crippen LogP contribution in [0, 0.1) is 11.3 Å². The van der Waals surface area contributed by atoms with Crippen LogP contribution in [0.5, 0.6) is 11.5 Å². The molecule has 3 heterocycles. The van der Waals surface area contributed by atoms with Gasteiger partial charge in [0.25, 0.3) is 0 Å². The molecular weight excluding hydrogens is 585 g/mol. The number of carbonyl (C=O) groups is 2. The number of hydrogen-bond donors (Lipinski definition) is 1. The molecule has 2 unspecified atom stereocenters. The van der Waals surface area contributed by atoms with Crippen LogP contribution in [-0.4, -0.2) is 64.0 Å². The molecule has 216 valence electrons. The topological polar surface area (TPSA) is 107 Å². The fourth-order valence-corrected chi connectivity index (χ4v) is 7.64. The number of aromatic nitrogens is 3.